The first-order valence-electron chi connectivity index (χ1n) is 6.54. The van der Waals surface area contributed by atoms with Gasteiger partial charge in [-0.2, -0.15) is 0 Å². The Morgan fingerprint density at radius 3 is 2.73 bits per heavy atom. The lowest BCUT2D eigenvalue weighted by molar-refractivity contribution is 0.281. The van der Waals surface area contributed by atoms with Gasteiger partial charge in [0.1, 0.15) is 17.3 Å². The van der Waals surface area contributed by atoms with Crippen molar-refractivity contribution in [3.05, 3.63) is 46.2 Å². The van der Waals surface area contributed by atoms with Gasteiger partial charge in [0.05, 0.1) is 6.04 Å². The van der Waals surface area contributed by atoms with E-state index in [9.17, 15) is 0 Å². The van der Waals surface area contributed by atoms with Crippen LogP contribution in [0, 0.1) is 0 Å². The summed E-state index contributed by atoms with van der Waals surface area (Å²) in [6, 6.07) is 10.4. The van der Waals surface area contributed by atoms with Gasteiger partial charge in [0.25, 0.3) is 0 Å². The van der Waals surface area contributed by atoms with Crippen molar-refractivity contribution in [1.82, 2.24) is 5.32 Å². The van der Waals surface area contributed by atoms with Gasteiger partial charge >= 0.3 is 0 Å². The zero-order valence-corrected chi connectivity index (χ0v) is 14.7. The normalized spacial score (nSPS) is 17.2. The Labute approximate surface area is 146 Å². The van der Waals surface area contributed by atoms with E-state index in [4.69, 9.17) is 10.5 Å². The van der Waals surface area contributed by atoms with E-state index in [1.54, 1.807) is 11.3 Å². The van der Waals surface area contributed by atoms with Crippen LogP contribution in [0.4, 0.5) is 5.69 Å². The average Bonchev–Trinajstić information content (AvgIpc) is 2.95. The number of ether oxygens (including phenoxy) is 1. The van der Waals surface area contributed by atoms with E-state index in [-0.39, 0.29) is 37.0 Å². The van der Waals surface area contributed by atoms with Crippen LogP contribution in [0.5, 0.6) is 5.75 Å². The number of amidine groups is 1. The van der Waals surface area contributed by atoms with Gasteiger partial charge in [-0.1, -0.05) is 12.1 Å². The lowest BCUT2D eigenvalue weighted by Gasteiger charge is -2.23. The number of fused-ring (bicyclic) bond motifs is 1. The molecule has 0 radical (unpaired) electrons. The van der Waals surface area contributed by atoms with Gasteiger partial charge in [0, 0.05) is 4.88 Å². The zero-order chi connectivity index (χ0) is 14.1. The van der Waals surface area contributed by atoms with Gasteiger partial charge < -0.3 is 15.8 Å². The molecule has 3 rings (SSSR count). The fraction of sp³-hybridized carbons (Fsp3) is 0.267. The maximum absolute atomic E-state index is 5.86. The van der Waals surface area contributed by atoms with Gasteiger partial charge in [0.2, 0.25) is 0 Å². The number of rotatable bonds is 3. The summed E-state index contributed by atoms with van der Waals surface area (Å²) in [4.78, 5) is 5.70. The van der Waals surface area contributed by atoms with E-state index >= 15 is 0 Å². The van der Waals surface area contributed by atoms with Crippen LogP contribution >= 0.6 is 36.2 Å². The molecule has 0 amide bonds. The molecule has 1 aliphatic heterocycles. The van der Waals surface area contributed by atoms with Crippen molar-refractivity contribution in [2.75, 3.05) is 7.05 Å². The van der Waals surface area contributed by atoms with E-state index in [0.29, 0.717) is 5.84 Å². The van der Waals surface area contributed by atoms with Crippen LogP contribution < -0.4 is 15.8 Å². The standard InChI is InChI=1S/C15H17N3OS.2ClH/c1-9-15(16)18-11-8-10(5-6-12(11)19-9)14(17-2)13-4-3-7-20-13;;/h3-9,14,17H,1-2H3,(H2,16,18);2*1H. The van der Waals surface area contributed by atoms with Crippen molar-refractivity contribution in [2.45, 2.75) is 19.1 Å². The predicted octanol–water partition coefficient (Wildman–Crippen LogP) is 3.67. The highest BCUT2D eigenvalue weighted by molar-refractivity contribution is 7.10. The third kappa shape index (κ3) is 3.55. The molecule has 2 aromatic rings. The van der Waals surface area contributed by atoms with Crippen LogP contribution in [-0.2, 0) is 0 Å². The van der Waals surface area contributed by atoms with Crippen LogP contribution in [0.1, 0.15) is 23.4 Å². The van der Waals surface area contributed by atoms with Crippen molar-refractivity contribution in [3.63, 3.8) is 0 Å². The number of thiophene rings is 1. The molecule has 1 aromatic heterocycles. The summed E-state index contributed by atoms with van der Waals surface area (Å²) in [6.45, 7) is 1.90. The number of hydrogen-bond acceptors (Lipinski definition) is 5. The summed E-state index contributed by atoms with van der Waals surface area (Å²) < 4.78 is 5.73. The summed E-state index contributed by atoms with van der Waals surface area (Å²) in [5.41, 5.74) is 7.81. The highest BCUT2D eigenvalue weighted by Crippen LogP contribution is 2.36. The van der Waals surface area contributed by atoms with Crippen LogP contribution in [0.15, 0.2) is 40.7 Å². The second kappa shape index (κ2) is 7.83. The van der Waals surface area contributed by atoms with Crippen LogP contribution in [0.3, 0.4) is 0 Å². The number of nitrogens with two attached hydrogens (primary N) is 1. The maximum Gasteiger partial charge on any atom is 0.153 e. The van der Waals surface area contributed by atoms with Crippen molar-refractivity contribution < 1.29 is 4.74 Å². The van der Waals surface area contributed by atoms with Crippen LogP contribution in [0.25, 0.3) is 0 Å². The number of nitrogens with one attached hydrogen (secondary N) is 1. The molecule has 2 heterocycles. The third-order valence-corrected chi connectivity index (χ3v) is 4.34. The second-order valence-electron chi connectivity index (χ2n) is 4.76. The number of aliphatic imine (C=N–C) groups is 1. The Kier molecular flexibility index (Phi) is 6.68. The molecule has 1 aromatic carbocycles. The van der Waals surface area contributed by atoms with Crippen LogP contribution in [0.2, 0.25) is 0 Å². The fourth-order valence-corrected chi connectivity index (χ4v) is 3.17. The zero-order valence-electron chi connectivity index (χ0n) is 12.3. The number of halogens is 2. The predicted molar refractivity (Wildman–Crippen MR) is 97.5 cm³/mol. The molecule has 0 spiro atoms. The minimum atomic E-state index is -0.161. The molecule has 0 bridgehead atoms. The number of benzene rings is 1. The van der Waals surface area contributed by atoms with E-state index in [1.165, 1.54) is 4.88 Å². The van der Waals surface area contributed by atoms with Gasteiger partial charge in [-0.3, -0.25) is 0 Å². The van der Waals surface area contributed by atoms with Crippen LogP contribution in [-0.4, -0.2) is 19.0 Å². The largest absolute Gasteiger partial charge is 0.481 e. The summed E-state index contributed by atoms with van der Waals surface area (Å²) >= 11 is 1.73. The Hall–Kier alpha value is -1.27. The molecule has 2 unspecified atom stereocenters. The first-order valence-corrected chi connectivity index (χ1v) is 7.42. The minimum Gasteiger partial charge on any atom is -0.481 e. The van der Waals surface area contributed by atoms with Gasteiger partial charge in [-0.15, -0.1) is 36.2 Å². The molecule has 22 heavy (non-hydrogen) atoms. The van der Waals surface area contributed by atoms with Crippen molar-refractivity contribution in [3.8, 4) is 5.75 Å². The molecule has 1 aliphatic rings. The summed E-state index contributed by atoms with van der Waals surface area (Å²) in [6.07, 6.45) is -0.161. The Morgan fingerprint density at radius 1 is 1.32 bits per heavy atom. The molecule has 0 saturated heterocycles. The smallest absolute Gasteiger partial charge is 0.153 e. The fourth-order valence-electron chi connectivity index (χ4n) is 2.31. The lowest BCUT2D eigenvalue weighted by Crippen LogP contribution is -2.33. The minimum absolute atomic E-state index is 0. The van der Waals surface area contributed by atoms with Gasteiger partial charge in [0.15, 0.2) is 6.10 Å². The maximum atomic E-state index is 5.86. The second-order valence-corrected chi connectivity index (χ2v) is 5.74. The molecule has 0 saturated carbocycles. The summed E-state index contributed by atoms with van der Waals surface area (Å²) in [7, 11) is 1.96. The molecule has 7 heteroatoms. The van der Waals surface area contributed by atoms with E-state index in [2.05, 4.69) is 33.9 Å². The Bertz CT molecular complexity index is 646. The first-order chi connectivity index (χ1) is 9.69. The van der Waals surface area contributed by atoms with Crippen molar-refractivity contribution >= 4 is 47.7 Å². The highest BCUT2D eigenvalue weighted by atomic mass is 35.5. The van der Waals surface area contributed by atoms with E-state index < -0.39 is 0 Å². The quantitative estimate of drug-likeness (QED) is 0.878. The molecule has 0 aliphatic carbocycles. The monoisotopic (exact) mass is 359 g/mol. The summed E-state index contributed by atoms with van der Waals surface area (Å²) in [5, 5.41) is 5.42. The number of nitrogens with zero attached hydrogens (tertiary/aromatic N) is 1. The van der Waals surface area contributed by atoms with E-state index in [0.717, 1.165) is 17.0 Å². The Balaban J connectivity index is 0.00000121. The molecule has 120 valence electrons. The topological polar surface area (TPSA) is 59.6 Å². The average molecular weight is 360 g/mol. The lowest BCUT2D eigenvalue weighted by atomic mass is 10.0. The molecule has 3 N–H and O–H groups in total. The third-order valence-electron chi connectivity index (χ3n) is 3.40. The molecular weight excluding hydrogens is 341 g/mol. The van der Waals surface area contributed by atoms with Gasteiger partial charge in [-0.05, 0) is 43.1 Å². The molecule has 4 nitrogen and oxygen atoms in total. The molecule has 2 atom stereocenters. The first kappa shape index (κ1) is 18.8. The van der Waals surface area contributed by atoms with Gasteiger partial charge in [-0.25, -0.2) is 4.99 Å². The van der Waals surface area contributed by atoms with E-state index in [1.807, 2.05) is 26.1 Å². The SMILES string of the molecule is CNC(c1ccc2c(c1)N=C(N)C(C)O2)c1cccs1.Cl.Cl. The number of hydrogen-bond donors (Lipinski definition) is 2. The highest BCUT2D eigenvalue weighted by Gasteiger charge is 2.20. The Morgan fingerprint density at radius 2 is 2.09 bits per heavy atom. The molecule has 0 fully saturated rings. The van der Waals surface area contributed by atoms with Crippen molar-refractivity contribution in [1.29, 1.82) is 0 Å². The molecular formula is C15H19Cl2N3OS. The van der Waals surface area contributed by atoms with Crippen molar-refractivity contribution in [2.24, 2.45) is 10.7 Å². The summed E-state index contributed by atoms with van der Waals surface area (Å²) in [5.74, 6) is 1.31.